The minimum atomic E-state index is -0.332. The molecule has 0 radical (unpaired) electrons. The maximum Gasteiger partial charge on any atom is 0.311 e. The normalized spacial score (nSPS) is 22.2. The van der Waals surface area contributed by atoms with Crippen LogP contribution in [0, 0.1) is 17.8 Å². The molecule has 0 atom stereocenters. The molecule has 0 saturated heterocycles. The molecule has 12 nitrogen and oxygen atoms in total. The fourth-order valence-corrected chi connectivity index (χ4v) is 9.62. The van der Waals surface area contributed by atoms with Crippen LogP contribution in [0.1, 0.15) is 81.7 Å². The SMILES string of the molecule is COC(=O)C12CCC(CN3CCc4c(nc(C(=O)Nc5cccc(-c6cccc(NC(=O)c7nc8c(n7C)CCNC8)c6C)c5Cl)n4C)C3)(CC1)C2. The van der Waals surface area contributed by atoms with Crippen molar-refractivity contribution in [3.05, 3.63) is 81.4 Å². The molecule has 2 aromatic heterocycles. The number of amides is 2. The second-order valence-corrected chi connectivity index (χ2v) is 15.5. The monoisotopic (exact) mass is 724 g/mol. The summed E-state index contributed by atoms with van der Waals surface area (Å²) in [7, 11) is 5.27. The molecule has 272 valence electrons. The van der Waals surface area contributed by atoms with Crippen molar-refractivity contribution < 1.29 is 19.1 Å². The molecule has 4 heterocycles. The van der Waals surface area contributed by atoms with Gasteiger partial charge in [-0.1, -0.05) is 35.9 Å². The summed E-state index contributed by atoms with van der Waals surface area (Å²) in [6.45, 7) is 5.94. The Morgan fingerprint density at radius 3 is 2.21 bits per heavy atom. The smallest absolute Gasteiger partial charge is 0.311 e. The number of nitrogens with zero attached hydrogens (tertiary/aromatic N) is 5. The van der Waals surface area contributed by atoms with Crippen LogP contribution in [0.25, 0.3) is 11.1 Å². The second-order valence-electron chi connectivity index (χ2n) is 15.2. The summed E-state index contributed by atoms with van der Waals surface area (Å²) in [6, 6.07) is 11.2. The largest absolute Gasteiger partial charge is 0.469 e. The molecule has 2 amide bonds. The molecule has 13 heteroatoms. The molecule has 2 bridgehead atoms. The molecule has 2 aromatic carbocycles. The first-order valence-electron chi connectivity index (χ1n) is 18.1. The molecule has 2 aliphatic heterocycles. The van der Waals surface area contributed by atoms with Crippen LogP contribution in [0.4, 0.5) is 11.4 Å². The van der Waals surface area contributed by atoms with Crippen molar-refractivity contribution in [3.8, 4) is 11.1 Å². The van der Waals surface area contributed by atoms with E-state index in [-0.39, 0.29) is 28.6 Å². The Hall–Kier alpha value is -4.52. The van der Waals surface area contributed by atoms with Crippen LogP contribution in [0.3, 0.4) is 0 Å². The summed E-state index contributed by atoms with van der Waals surface area (Å²) in [5.74, 6) is 0.0524. The quantitative estimate of drug-likeness (QED) is 0.205. The lowest BCUT2D eigenvalue weighted by atomic mass is 9.81. The van der Waals surface area contributed by atoms with E-state index >= 15 is 0 Å². The maximum absolute atomic E-state index is 13.8. The molecule has 4 aliphatic rings. The number of esters is 1. The highest BCUT2D eigenvalue weighted by molar-refractivity contribution is 6.36. The number of imidazole rings is 2. The van der Waals surface area contributed by atoms with Crippen LogP contribution in [0.15, 0.2) is 36.4 Å². The Bertz CT molecular complexity index is 2110. The molecule has 2 fully saturated rings. The van der Waals surface area contributed by atoms with E-state index in [2.05, 4.69) is 25.8 Å². The zero-order valence-electron chi connectivity index (χ0n) is 30.2. The van der Waals surface area contributed by atoms with E-state index in [4.69, 9.17) is 21.3 Å². The molecule has 2 aliphatic carbocycles. The lowest BCUT2D eigenvalue weighted by Crippen LogP contribution is -2.39. The lowest BCUT2D eigenvalue weighted by Gasteiger charge is -2.35. The molecule has 4 aromatic rings. The number of halogens is 1. The van der Waals surface area contributed by atoms with Gasteiger partial charge in [0, 0.05) is 82.3 Å². The first-order valence-corrected chi connectivity index (χ1v) is 18.5. The van der Waals surface area contributed by atoms with Gasteiger partial charge in [0.2, 0.25) is 0 Å². The Kier molecular flexibility index (Phi) is 8.74. The standard InChI is InChI=1S/C39H45ClN8O4/c1-23-24(7-5-9-26(23)44-35(49)33-42-28-19-41-17-11-30(28)46(33)2)25-8-6-10-27(32(25)40)45-36(50)34-43-29-20-48(18-12-31(29)47(34)3)22-38-13-15-39(21-38,16-14-38)37(51)52-4/h5-10,41H,11-22H2,1-4H3,(H,44,49)(H,45,50). The predicted octanol–water partition coefficient (Wildman–Crippen LogP) is 5.41. The van der Waals surface area contributed by atoms with Gasteiger partial charge in [-0.15, -0.1) is 0 Å². The summed E-state index contributed by atoms with van der Waals surface area (Å²) < 4.78 is 8.95. The summed E-state index contributed by atoms with van der Waals surface area (Å²) in [4.78, 5) is 51.6. The Morgan fingerprint density at radius 1 is 0.885 bits per heavy atom. The van der Waals surface area contributed by atoms with Gasteiger partial charge in [0.25, 0.3) is 11.8 Å². The van der Waals surface area contributed by atoms with Gasteiger partial charge >= 0.3 is 5.97 Å². The number of anilines is 2. The van der Waals surface area contributed by atoms with Gasteiger partial charge in [-0.05, 0) is 67.7 Å². The highest BCUT2D eigenvalue weighted by atomic mass is 35.5. The summed E-state index contributed by atoms with van der Waals surface area (Å²) >= 11 is 7.01. The molecule has 3 N–H and O–H groups in total. The van der Waals surface area contributed by atoms with E-state index in [1.165, 1.54) is 7.11 Å². The number of benzene rings is 2. The number of fused-ring (bicyclic) bond motifs is 4. The van der Waals surface area contributed by atoms with E-state index in [0.29, 0.717) is 41.1 Å². The number of nitrogens with one attached hydrogen (secondary N) is 3. The topological polar surface area (TPSA) is 135 Å². The number of ether oxygens (including phenoxy) is 1. The number of methoxy groups -OCH3 is 1. The molecule has 52 heavy (non-hydrogen) atoms. The van der Waals surface area contributed by atoms with Crippen molar-refractivity contribution in [2.24, 2.45) is 24.9 Å². The van der Waals surface area contributed by atoms with Crippen LogP contribution in [0.5, 0.6) is 0 Å². The number of aromatic nitrogens is 4. The van der Waals surface area contributed by atoms with Crippen molar-refractivity contribution in [2.75, 3.05) is 37.4 Å². The maximum atomic E-state index is 13.8. The number of hydrogen-bond donors (Lipinski definition) is 3. The van der Waals surface area contributed by atoms with Crippen molar-refractivity contribution >= 4 is 40.8 Å². The summed E-state index contributed by atoms with van der Waals surface area (Å²) in [5.41, 5.74) is 7.35. The average Bonchev–Trinajstić information content (AvgIpc) is 3.90. The van der Waals surface area contributed by atoms with E-state index in [9.17, 15) is 14.4 Å². The Labute approximate surface area is 308 Å². The fraction of sp³-hybridized carbons (Fsp3) is 0.462. The van der Waals surface area contributed by atoms with Crippen LogP contribution < -0.4 is 16.0 Å². The minimum absolute atomic E-state index is 0.0524. The zero-order chi connectivity index (χ0) is 36.4. The molecule has 0 spiro atoms. The third-order valence-corrected chi connectivity index (χ3v) is 12.6. The second kappa shape index (κ2) is 13.2. The van der Waals surface area contributed by atoms with Crippen molar-refractivity contribution in [3.63, 3.8) is 0 Å². The highest BCUT2D eigenvalue weighted by Gasteiger charge is 2.59. The van der Waals surface area contributed by atoms with E-state index in [1.54, 1.807) is 6.07 Å². The van der Waals surface area contributed by atoms with Gasteiger partial charge in [0.15, 0.2) is 11.6 Å². The number of carbonyl (C=O) groups is 3. The van der Waals surface area contributed by atoms with Gasteiger partial charge in [-0.3, -0.25) is 19.3 Å². The molecule has 8 rings (SSSR count). The third-order valence-electron chi connectivity index (χ3n) is 12.1. The first-order chi connectivity index (χ1) is 25.0. The fourth-order valence-electron chi connectivity index (χ4n) is 9.35. The molecule has 2 saturated carbocycles. The van der Waals surface area contributed by atoms with Gasteiger partial charge in [-0.25, -0.2) is 9.97 Å². The van der Waals surface area contributed by atoms with E-state index in [0.717, 1.165) is 104 Å². The van der Waals surface area contributed by atoms with Crippen molar-refractivity contribution in [2.45, 2.75) is 65.0 Å². The van der Waals surface area contributed by atoms with Gasteiger partial charge < -0.3 is 29.8 Å². The number of hydrogen-bond acceptors (Lipinski definition) is 8. The van der Waals surface area contributed by atoms with Crippen LogP contribution in [-0.4, -0.2) is 68.5 Å². The Balaban J connectivity index is 0.968. The van der Waals surface area contributed by atoms with Crippen LogP contribution in [0.2, 0.25) is 5.02 Å². The van der Waals surface area contributed by atoms with Gasteiger partial charge in [0.05, 0.1) is 34.6 Å². The minimum Gasteiger partial charge on any atom is -0.469 e. The third kappa shape index (κ3) is 5.81. The van der Waals surface area contributed by atoms with Gasteiger partial charge in [0.1, 0.15) is 0 Å². The van der Waals surface area contributed by atoms with Crippen molar-refractivity contribution in [1.82, 2.24) is 29.3 Å². The van der Waals surface area contributed by atoms with E-state index in [1.807, 2.05) is 60.5 Å². The highest BCUT2D eigenvalue weighted by Crippen LogP contribution is 2.62. The molecular weight excluding hydrogens is 680 g/mol. The van der Waals surface area contributed by atoms with Gasteiger partial charge in [-0.2, -0.15) is 0 Å². The molecular formula is C39H45ClN8O4. The number of rotatable bonds is 8. The van der Waals surface area contributed by atoms with Crippen molar-refractivity contribution in [1.29, 1.82) is 0 Å². The van der Waals surface area contributed by atoms with Crippen LogP contribution >= 0.6 is 11.6 Å². The first kappa shape index (κ1) is 34.6. The molecule has 0 unspecified atom stereocenters. The van der Waals surface area contributed by atoms with Crippen LogP contribution in [-0.2, 0) is 49.6 Å². The summed E-state index contributed by atoms with van der Waals surface area (Å²) in [5, 5.41) is 9.78. The zero-order valence-corrected chi connectivity index (χ0v) is 31.0. The lowest BCUT2D eigenvalue weighted by molar-refractivity contribution is -0.152. The average molecular weight is 725 g/mol. The summed E-state index contributed by atoms with van der Waals surface area (Å²) in [6.07, 6.45) is 6.43. The Morgan fingerprint density at radius 2 is 1.52 bits per heavy atom. The van der Waals surface area contributed by atoms with E-state index < -0.39 is 0 Å². The number of carbonyl (C=O) groups excluding carboxylic acids is 3. The predicted molar refractivity (Wildman–Crippen MR) is 198 cm³/mol.